The second kappa shape index (κ2) is 5.18. The molecule has 110 valence electrons. The number of rotatable bonds is 4. The minimum absolute atomic E-state index is 0.254. The first kappa shape index (κ1) is 14.1. The van der Waals surface area contributed by atoms with Gasteiger partial charge >= 0.3 is 0 Å². The third kappa shape index (κ3) is 2.41. The molecule has 2 bridgehead atoms. The molecule has 4 unspecified atom stereocenters. The van der Waals surface area contributed by atoms with Crippen molar-refractivity contribution in [2.45, 2.75) is 64.3 Å². The third-order valence-corrected chi connectivity index (χ3v) is 6.21. The van der Waals surface area contributed by atoms with E-state index in [0.717, 1.165) is 17.8 Å². The van der Waals surface area contributed by atoms with Crippen LogP contribution in [0.4, 0.5) is 0 Å². The molecule has 3 rings (SSSR count). The second-order valence-corrected chi connectivity index (χ2v) is 7.72. The van der Waals surface area contributed by atoms with Crippen LogP contribution in [0.1, 0.15) is 70.0 Å². The van der Waals surface area contributed by atoms with E-state index in [0.29, 0.717) is 0 Å². The van der Waals surface area contributed by atoms with Gasteiger partial charge in [-0.1, -0.05) is 51.5 Å². The molecule has 20 heavy (non-hydrogen) atoms. The summed E-state index contributed by atoms with van der Waals surface area (Å²) >= 11 is 0. The number of hydrogen-bond donors (Lipinski definition) is 1. The Labute approximate surface area is 124 Å². The first-order valence-electron chi connectivity index (χ1n) is 8.37. The zero-order valence-electron chi connectivity index (χ0n) is 13.2. The van der Waals surface area contributed by atoms with Crippen molar-refractivity contribution in [3.05, 3.63) is 35.4 Å². The van der Waals surface area contributed by atoms with Gasteiger partial charge in [0.25, 0.3) is 0 Å². The SMILES string of the molecule is CCC(C)(C)c1ccc(C(N)C2CC3CCC2C3)cc1. The molecule has 1 aromatic rings. The van der Waals surface area contributed by atoms with Crippen LogP contribution >= 0.6 is 0 Å². The maximum atomic E-state index is 6.58. The normalized spacial score (nSPS) is 30.7. The molecule has 0 aliphatic heterocycles. The van der Waals surface area contributed by atoms with Crippen LogP contribution in [-0.2, 0) is 5.41 Å². The average molecular weight is 271 g/mol. The fourth-order valence-electron chi connectivity index (χ4n) is 4.34. The number of hydrogen-bond acceptors (Lipinski definition) is 1. The zero-order chi connectivity index (χ0) is 14.3. The summed E-state index contributed by atoms with van der Waals surface area (Å²) in [5.74, 6) is 2.62. The average Bonchev–Trinajstić information content (AvgIpc) is 3.09. The predicted octanol–water partition coefficient (Wildman–Crippen LogP) is 4.81. The molecule has 2 aliphatic carbocycles. The van der Waals surface area contributed by atoms with Crippen LogP contribution in [-0.4, -0.2) is 0 Å². The number of fused-ring (bicyclic) bond motifs is 2. The summed E-state index contributed by atoms with van der Waals surface area (Å²) in [6, 6.07) is 9.41. The number of benzene rings is 1. The molecule has 0 aromatic heterocycles. The molecule has 2 fully saturated rings. The summed E-state index contributed by atoms with van der Waals surface area (Å²) in [4.78, 5) is 0. The quantitative estimate of drug-likeness (QED) is 0.835. The molecule has 0 amide bonds. The minimum atomic E-state index is 0.254. The Bertz CT molecular complexity index is 459. The van der Waals surface area contributed by atoms with E-state index in [2.05, 4.69) is 45.0 Å². The highest BCUT2D eigenvalue weighted by Crippen LogP contribution is 2.52. The lowest BCUT2D eigenvalue weighted by Gasteiger charge is -2.29. The molecule has 0 radical (unpaired) electrons. The Morgan fingerprint density at radius 1 is 1.15 bits per heavy atom. The van der Waals surface area contributed by atoms with Crippen LogP contribution < -0.4 is 5.73 Å². The molecule has 1 nitrogen and oxygen atoms in total. The van der Waals surface area contributed by atoms with Crippen LogP contribution in [0, 0.1) is 17.8 Å². The topological polar surface area (TPSA) is 26.0 Å². The van der Waals surface area contributed by atoms with E-state index in [1.165, 1.54) is 43.2 Å². The van der Waals surface area contributed by atoms with Crippen molar-refractivity contribution in [2.75, 3.05) is 0 Å². The summed E-state index contributed by atoms with van der Waals surface area (Å²) in [6.45, 7) is 6.89. The highest BCUT2D eigenvalue weighted by Gasteiger charge is 2.42. The van der Waals surface area contributed by atoms with E-state index in [9.17, 15) is 0 Å². The first-order chi connectivity index (χ1) is 9.51. The fourth-order valence-corrected chi connectivity index (χ4v) is 4.34. The molecule has 0 saturated heterocycles. The van der Waals surface area contributed by atoms with E-state index in [1.807, 2.05) is 0 Å². The predicted molar refractivity (Wildman–Crippen MR) is 85.6 cm³/mol. The minimum Gasteiger partial charge on any atom is -0.324 e. The molecule has 1 aromatic carbocycles. The molecular weight excluding hydrogens is 242 g/mol. The van der Waals surface area contributed by atoms with Crippen LogP contribution in [0.15, 0.2) is 24.3 Å². The second-order valence-electron chi connectivity index (χ2n) is 7.72. The van der Waals surface area contributed by atoms with Gasteiger partial charge in [-0.2, -0.15) is 0 Å². The molecule has 2 saturated carbocycles. The molecule has 2 N–H and O–H groups in total. The molecule has 1 heteroatoms. The van der Waals surface area contributed by atoms with E-state index >= 15 is 0 Å². The van der Waals surface area contributed by atoms with E-state index < -0.39 is 0 Å². The maximum absolute atomic E-state index is 6.58. The summed E-state index contributed by atoms with van der Waals surface area (Å²) < 4.78 is 0. The highest BCUT2D eigenvalue weighted by atomic mass is 14.7. The summed E-state index contributed by atoms with van der Waals surface area (Å²) in [7, 11) is 0. The Balaban J connectivity index is 1.74. The van der Waals surface area contributed by atoms with Crippen molar-refractivity contribution in [2.24, 2.45) is 23.5 Å². The van der Waals surface area contributed by atoms with Crippen LogP contribution in [0.25, 0.3) is 0 Å². The molecule has 0 spiro atoms. The Morgan fingerprint density at radius 3 is 2.35 bits per heavy atom. The maximum Gasteiger partial charge on any atom is 0.0326 e. The van der Waals surface area contributed by atoms with Gasteiger partial charge in [0, 0.05) is 6.04 Å². The highest BCUT2D eigenvalue weighted by molar-refractivity contribution is 5.30. The van der Waals surface area contributed by atoms with Crippen LogP contribution in [0.2, 0.25) is 0 Å². The third-order valence-electron chi connectivity index (χ3n) is 6.21. The monoisotopic (exact) mass is 271 g/mol. The van der Waals surface area contributed by atoms with Crippen molar-refractivity contribution in [3.8, 4) is 0 Å². The summed E-state index contributed by atoms with van der Waals surface area (Å²) in [5.41, 5.74) is 9.63. The van der Waals surface area contributed by atoms with Gasteiger partial charge in [0.15, 0.2) is 0 Å². The van der Waals surface area contributed by atoms with E-state index in [4.69, 9.17) is 5.73 Å². The van der Waals surface area contributed by atoms with Crippen molar-refractivity contribution in [1.29, 1.82) is 0 Å². The van der Waals surface area contributed by atoms with Gasteiger partial charge in [0.05, 0.1) is 0 Å². The Hall–Kier alpha value is -0.820. The van der Waals surface area contributed by atoms with Crippen molar-refractivity contribution < 1.29 is 0 Å². The van der Waals surface area contributed by atoms with E-state index in [1.54, 1.807) is 0 Å². The van der Waals surface area contributed by atoms with Gasteiger partial charge in [-0.25, -0.2) is 0 Å². The van der Waals surface area contributed by atoms with Gasteiger partial charge < -0.3 is 5.73 Å². The van der Waals surface area contributed by atoms with Crippen molar-refractivity contribution in [1.82, 2.24) is 0 Å². The van der Waals surface area contributed by atoms with Gasteiger partial charge in [-0.05, 0) is 60.0 Å². The molecule has 2 aliphatic rings. The largest absolute Gasteiger partial charge is 0.324 e. The van der Waals surface area contributed by atoms with Gasteiger partial charge in [-0.15, -0.1) is 0 Å². The molecule has 4 atom stereocenters. The van der Waals surface area contributed by atoms with E-state index in [-0.39, 0.29) is 11.5 Å². The smallest absolute Gasteiger partial charge is 0.0326 e. The Kier molecular flexibility index (Phi) is 3.66. The van der Waals surface area contributed by atoms with Gasteiger partial charge in [0.1, 0.15) is 0 Å². The number of nitrogens with two attached hydrogens (primary N) is 1. The lowest BCUT2D eigenvalue weighted by atomic mass is 9.79. The summed E-state index contributed by atoms with van der Waals surface area (Å²) in [6.07, 6.45) is 6.86. The Morgan fingerprint density at radius 2 is 1.85 bits per heavy atom. The lowest BCUT2D eigenvalue weighted by molar-refractivity contribution is 0.284. The fraction of sp³-hybridized carbons (Fsp3) is 0.684. The zero-order valence-corrected chi connectivity index (χ0v) is 13.2. The standard InChI is InChI=1S/C19H29N/c1-4-19(2,3)16-9-7-14(8-10-16)18(20)17-12-13-5-6-15(17)11-13/h7-10,13,15,17-18H,4-6,11-12,20H2,1-3H3. The molecular formula is C19H29N. The van der Waals surface area contributed by atoms with Crippen LogP contribution in [0.5, 0.6) is 0 Å². The van der Waals surface area contributed by atoms with Crippen LogP contribution in [0.3, 0.4) is 0 Å². The van der Waals surface area contributed by atoms with Crippen molar-refractivity contribution in [3.63, 3.8) is 0 Å². The lowest BCUT2D eigenvalue weighted by Crippen LogP contribution is -2.26. The molecule has 0 heterocycles. The van der Waals surface area contributed by atoms with Crippen molar-refractivity contribution >= 4 is 0 Å². The van der Waals surface area contributed by atoms with Gasteiger partial charge in [0.2, 0.25) is 0 Å². The summed E-state index contributed by atoms with van der Waals surface area (Å²) in [5, 5.41) is 0. The first-order valence-corrected chi connectivity index (χ1v) is 8.37. The van der Waals surface area contributed by atoms with Gasteiger partial charge in [-0.3, -0.25) is 0 Å².